The van der Waals surface area contributed by atoms with E-state index in [2.05, 4.69) is 31.2 Å². The Bertz CT molecular complexity index is 255. The van der Waals surface area contributed by atoms with Gasteiger partial charge >= 0.3 is 0 Å². The first kappa shape index (κ1) is 11.3. The summed E-state index contributed by atoms with van der Waals surface area (Å²) in [5.41, 5.74) is 2.96. The van der Waals surface area contributed by atoms with Gasteiger partial charge < -0.3 is 4.74 Å². The molecule has 0 unspecified atom stereocenters. The number of aryl methyl sites for hydroxylation is 2. The third-order valence-electron chi connectivity index (χ3n) is 2.44. The summed E-state index contributed by atoms with van der Waals surface area (Å²) in [7, 11) is 0. The molecule has 14 heavy (non-hydrogen) atoms. The molecule has 0 aliphatic heterocycles. The van der Waals surface area contributed by atoms with Crippen molar-refractivity contribution < 1.29 is 4.74 Å². The highest BCUT2D eigenvalue weighted by atomic mass is 16.5. The molecule has 0 bridgehead atoms. The Kier molecular flexibility index (Phi) is 5.31. The van der Waals surface area contributed by atoms with Crippen LogP contribution in [0, 0.1) is 0 Å². The Labute approximate surface area is 87.1 Å². The fourth-order valence-electron chi connectivity index (χ4n) is 1.66. The average Bonchev–Trinajstić information content (AvgIpc) is 2.25. The fraction of sp³-hybridized carbons (Fsp3) is 0.538. The molecule has 0 saturated carbocycles. The fourth-order valence-corrected chi connectivity index (χ4v) is 1.66. The highest BCUT2D eigenvalue weighted by molar-refractivity contribution is 5.26. The lowest BCUT2D eigenvalue weighted by atomic mass is 10.0. The minimum absolute atomic E-state index is 0.829. The van der Waals surface area contributed by atoms with Gasteiger partial charge in [0.15, 0.2) is 0 Å². The molecule has 0 atom stereocenters. The van der Waals surface area contributed by atoms with Crippen LogP contribution in [0.2, 0.25) is 0 Å². The zero-order valence-electron chi connectivity index (χ0n) is 9.25. The summed E-state index contributed by atoms with van der Waals surface area (Å²) in [5.74, 6) is 0. The van der Waals surface area contributed by atoms with Gasteiger partial charge in [0.1, 0.15) is 0 Å². The van der Waals surface area contributed by atoms with Crippen LogP contribution in [-0.4, -0.2) is 13.2 Å². The molecule has 1 aromatic carbocycles. The second-order valence-corrected chi connectivity index (χ2v) is 3.42. The van der Waals surface area contributed by atoms with E-state index >= 15 is 0 Å². The molecule has 1 nitrogen and oxygen atoms in total. The van der Waals surface area contributed by atoms with Crippen LogP contribution in [-0.2, 0) is 17.6 Å². The molecular weight excluding hydrogens is 172 g/mol. The first-order valence-corrected chi connectivity index (χ1v) is 5.53. The predicted octanol–water partition coefficient (Wildman–Crippen LogP) is 3.22. The smallest absolute Gasteiger partial charge is 0.0469 e. The molecule has 0 amide bonds. The molecule has 0 saturated heterocycles. The van der Waals surface area contributed by atoms with Gasteiger partial charge in [-0.3, -0.25) is 0 Å². The topological polar surface area (TPSA) is 9.23 Å². The van der Waals surface area contributed by atoms with Crippen molar-refractivity contribution in [2.45, 2.75) is 33.1 Å². The molecule has 0 aliphatic carbocycles. The van der Waals surface area contributed by atoms with E-state index in [4.69, 9.17) is 4.74 Å². The van der Waals surface area contributed by atoms with Gasteiger partial charge in [-0.25, -0.2) is 0 Å². The summed E-state index contributed by atoms with van der Waals surface area (Å²) in [4.78, 5) is 0. The highest BCUT2D eigenvalue weighted by Crippen LogP contribution is 2.11. The predicted molar refractivity (Wildman–Crippen MR) is 60.6 cm³/mol. The van der Waals surface area contributed by atoms with E-state index in [-0.39, 0.29) is 0 Å². The van der Waals surface area contributed by atoms with Gasteiger partial charge in [-0.05, 0) is 37.3 Å². The van der Waals surface area contributed by atoms with Crippen molar-refractivity contribution in [3.8, 4) is 0 Å². The van der Waals surface area contributed by atoms with Crippen molar-refractivity contribution in [1.29, 1.82) is 0 Å². The van der Waals surface area contributed by atoms with Gasteiger partial charge in [0.05, 0.1) is 0 Å². The summed E-state index contributed by atoms with van der Waals surface area (Å²) in [6, 6.07) is 8.68. The van der Waals surface area contributed by atoms with Crippen molar-refractivity contribution in [1.82, 2.24) is 0 Å². The van der Waals surface area contributed by atoms with E-state index in [9.17, 15) is 0 Å². The van der Waals surface area contributed by atoms with Gasteiger partial charge in [-0.15, -0.1) is 0 Å². The molecule has 0 spiro atoms. The second-order valence-electron chi connectivity index (χ2n) is 3.42. The average molecular weight is 192 g/mol. The minimum atomic E-state index is 0.829. The molecular formula is C13H20O. The zero-order chi connectivity index (χ0) is 10.2. The van der Waals surface area contributed by atoms with Gasteiger partial charge in [0.25, 0.3) is 0 Å². The second kappa shape index (κ2) is 6.61. The maximum atomic E-state index is 5.33. The molecule has 78 valence electrons. The van der Waals surface area contributed by atoms with Gasteiger partial charge in [0.2, 0.25) is 0 Å². The lowest BCUT2D eigenvalue weighted by Gasteiger charge is -2.07. The number of benzene rings is 1. The molecule has 1 aromatic rings. The largest absolute Gasteiger partial charge is 0.382 e. The summed E-state index contributed by atoms with van der Waals surface area (Å²) < 4.78 is 5.33. The number of hydrogen-bond acceptors (Lipinski definition) is 1. The highest BCUT2D eigenvalue weighted by Gasteiger charge is 1.98. The number of rotatable bonds is 6. The van der Waals surface area contributed by atoms with E-state index in [1.165, 1.54) is 11.1 Å². The minimum Gasteiger partial charge on any atom is -0.382 e. The van der Waals surface area contributed by atoms with Crippen LogP contribution in [0.5, 0.6) is 0 Å². The van der Waals surface area contributed by atoms with Crippen molar-refractivity contribution in [3.05, 3.63) is 35.4 Å². The Morgan fingerprint density at radius 3 is 2.43 bits per heavy atom. The molecule has 0 aromatic heterocycles. The Morgan fingerprint density at radius 2 is 1.79 bits per heavy atom. The van der Waals surface area contributed by atoms with Crippen molar-refractivity contribution >= 4 is 0 Å². The Hall–Kier alpha value is -0.820. The van der Waals surface area contributed by atoms with Crippen LogP contribution in [0.1, 0.15) is 31.4 Å². The molecule has 0 radical (unpaired) electrons. The van der Waals surface area contributed by atoms with Gasteiger partial charge in [-0.2, -0.15) is 0 Å². The van der Waals surface area contributed by atoms with E-state index in [1.54, 1.807) is 0 Å². The van der Waals surface area contributed by atoms with Crippen LogP contribution in [0.25, 0.3) is 0 Å². The van der Waals surface area contributed by atoms with Crippen molar-refractivity contribution in [3.63, 3.8) is 0 Å². The van der Waals surface area contributed by atoms with E-state index in [1.807, 2.05) is 6.92 Å². The molecule has 0 N–H and O–H groups in total. The summed E-state index contributed by atoms with van der Waals surface area (Å²) in [6.45, 7) is 5.96. The van der Waals surface area contributed by atoms with Crippen molar-refractivity contribution in [2.24, 2.45) is 0 Å². The van der Waals surface area contributed by atoms with Gasteiger partial charge in [0, 0.05) is 13.2 Å². The van der Waals surface area contributed by atoms with Crippen LogP contribution in [0.3, 0.4) is 0 Å². The summed E-state index contributed by atoms with van der Waals surface area (Å²) in [5, 5.41) is 0. The third-order valence-corrected chi connectivity index (χ3v) is 2.44. The van der Waals surface area contributed by atoms with Crippen LogP contribution in [0.15, 0.2) is 24.3 Å². The quantitative estimate of drug-likeness (QED) is 0.629. The SMILES string of the molecule is CCOCCCc1ccccc1CC. The number of hydrogen-bond donors (Lipinski definition) is 0. The first-order chi connectivity index (χ1) is 6.88. The molecule has 1 heteroatoms. The first-order valence-electron chi connectivity index (χ1n) is 5.53. The lowest BCUT2D eigenvalue weighted by molar-refractivity contribution is 0.145. The molecule has 0 heterocycles. The maximum Gasteiger partial charge on any atom is 0.0469 e. The van der Waals surface area contributed by atoms with E-state index in [0.29, 0.717) is 0 Å². The number of ether oxygens (including phenoxy) is 1. The zero-order valence-corrected chi connectivity index (χ0v) is 9.25. The van der Waals surface area contributed by atoms with Crippen LogP contribution < -0.4 is 0 Å². The Morgan fingerprint density at radius 1 is 1.07 bits per heavy atom. The van der Waals surface area contributed by atoms with Crippen LogP contribution in [0.4, 0.5) is 0 Å². The normalized spacial score (nSPS) is 10.4. The monoisotopic (exact) mass is 192 g/mol. The van der Waals surface area contributed by atoms with Crippen molar-refractivity contribution in [2.75, 3.05) is 13.2 Å². The lowest BCUT2D eigenvalue weighted by Crippen LogP contribution is -1.98. The van der Waals surface area contributed by atoms with Crippen LogP contribution >= 0.6 is 0 Å². The maximum absolute atomic E-state index is 5.33. The molecule has 0 fully saturated rings. The molecule has 0 aliphatic rings. The Balaban J connectivity index is 2.41. The summed E-state index contributed by atoms with van der Waals surface area (Å²) in [6.07, 6.45) is 3.40. The third kappa shape index (κ3) is 3.51. The van der Waals surface area contributed by atoms with E-state index in [0.717, 1.165) is 32.5 Å². The standard InChI is InChI=1S/C13H20O/c1-3-12-8-5-6-9-13(12)10-7-11-14-4-2/h5-6,8-9H,3-4,7,10-11H2,1-2H3. The molecule has 1 rings (SSSR count). The van der Waals surface area contributed by atoms with E-state index < -0.39 is 0 Å². The van der Waals surface area contributed by atoms with Gasteiger partial charge in [-0.1, -0.05) is 31.2 Å². The summed E-state index contributed by atoms with van der Waals surface area (Å²) >= 11 is 0.